The summed E-state index contributed by atoms with van der Waals surface area (Å²) in [6.45, 7) is 0. The highest BCUT2D eigenvalue weighted by atomic mass is 32.2. The molecule has 0 spiro atoms. The molecule has 3 rings (SSSR count). The van der Waals surface area contributed by atoms with Gasteiger partial charge in [-0.2, -0.15) is 5.26 Å². The van der Waals surface area contributed by atoms with E-state index in [1.54, 1.807) is 18.3 Å². The van der Waals surface area contributed by atoms with Crippen LogP contribution in [-0.4, -0.2) is 43.8 Å². The summed E-state index contributed by atoms with van der Waals surface area (Å²) in [5.74, 6) is 0.674. The number of benzene rings is 1. The van der Waals surface area contributed by atoms with Crippen LogP contribution in [0.2, 0.25) is 0 Å². The molecule has 2 heterocycles. The van der Waals surface area contributed by atoms with Crippen molar-refractivity contribution in [2.45, 2.75) is 18.8 Å². The second-order valence-corrected chi connectivity index (χ2v) is 8.51. The molecule has 8 nitrogen and oxygen atoms in total. The lowest BCUT2D eigenvalue weighted by atomic mass is 9.86. The Hall–Kier alpha value is -3.03. The van der Waals surface area contributed by atoms with Crippen molar-refractivity contribution in [3.8, 4) is 23.3 Å². The number of amides is 1. The minimum Gasteiger partial charge on any atom is -0.493 e. The molecule has 1 aromatic carbocycles. The van der Waals surface area contributed by atoms with E-state index in [0.29, 0.717) is 33.4 Å². The number of allylic oxidation sites excluding steroid dienone is 1. The monoisotopic (exact) mass is 459 g/mol. The number of ketones is 1. The molecule has 0 saturated heterocycles. The molecule has 2 aromatic rings. The number of thiazole rings is 1. The summed E-state index contributed by atoms with van der Waals surface area (Å²) >= 11 is 2.57. The van der Waals surface area contributed by atoms with E-state index in [9.17, 15) is 14.9 Å². The fraction of sp³-hybridized carbons (Fsp3) is 0.333. The maximum atomic E-state index is 12.4. The van der Waals surface area contributed by atoms with E-state index in [2.05, 4.69) is 16.4 Å². The Labute approximate surface area is 188 Å². The highest BCUT2D eigenvalue weighted by Gasteiger charge is 2.31. The summed E-state index contributed by atoms with van der Waals surface area (Å²) in [7, 11) is 4.52. The predicted molar refractivity (Wildman–Crippen MR) is 118 cm³/mol. The number of hydrogen-bond acceptors (Lipinski definition) is 9. The Morgan fingerprint density at radius 3 is 2.55 bits per heavy atom. The van der Waals surface area contributed by atoms with Crippen molar-refractivity contribution in [1.82, 2.24) is 10.3 Å². The third-order valence-corrected chi connectivity index (χ3v) is 6.51. The molecule has 0 bridgehead atoms. The molecule has 10 heteroatoms. The van der Waals surface area contributed by atoms with Gasteiger partial charge < -0.3 is 19.5 Å². The number of methoxy groups -OCH3 is 3. The molecule has 0 saturated carbocycles. The molecule has 1 amide bonds. The average Bonchev–Trinajstić information content (AvgIpc) is 3.29. The second-order valence-electron chi connectivity index (χ2n) is 6.55. The van der Waals surface area contributed by atoms with E-state index < -0.39 is 5.92 Å². The number of carbonyl (C=O) groups is 2. The van der Waals surface area contributed by atoms with Gasteiger partial charge in [0.1, 0.15) is 5.78 Å². The Kier molecular flexibility index (Phi) is 7.55. The third kappa shape index (κ3) is 5.18. The number of thioether (sulfide) groups is 1. The fourth-order valence-corrected chi connectivity index (χ4v) is 4.81. The van der Waals surface area contributed by atoms with Crippen LogP contribution in [0.3, 0.4) is 0 Å². The summed E-state index contributed by atoms with van der Waals surface area (Å²) in [6.07, 6.45) is 1.98. The molecular weight excluding hydrogens is 438 g/mol. The smallest absolute Gasteiger partial charge is 0.225 e. The van der Waals surface area contributed by atoms with E-state index in [0.717, 1.165) is 16.8 Å². The van der Waals surface area contributed by atoms with Crippen molar-refractivity contribution in [3.63, 3.8) is 0 Å². The van der Waals surface area contributed by atoms with Crippen LogP contribution in [-0.2, 0) is 16.0 Å². The molecule has 1 aromatic heterocycles. The minimum absolute atomic E-state index is 0.0334. The van der Waals surface area contributed by atoms with Crippen LogP contribution in [0.25, 0.3) is 0 Å². The van der Waals surface area contributed by atoms with Crippen molar-refractivity contribution in [2.75, 3.05) is 27.1 Å². The van der Waals surface area contributed by atoms with Gasteiger partial charge in [0, 0.05) is 23.9 Å². The molecule has 1 unspecified atom stereocenters. The molecule has 1 aliphatic heterocycles. The van der Waals surface area contributed by atoms with Gasteiger partial charge in [-0.25, -0.2) is 4.98 Å². The summed E-state index contributed by atoms with van der Waals surface area (Å²) in [5.41, 5.74) is 1.08. The van der Waals surface area contributed by atoms with Crippen LogP contribution in [0, 0.1) is 11.3 Å². The van der Waals surface area contributed by atoms with E-state index in [1.165, 1.54) is 32.7 Å². The number of hydrogen-bond donors (Lipinski definition) is 1. The van der Waals surface area contributed by atoms with Crippen molar-refractivity contribution in [1.29, 1.82) is 5.26 Å². The first-order chi connectivity index (χ1) is 15.0. The highest BCUT2D eigenvalue weighted by molar-refractivity contribution is 8.03. The number of rotatable bonds is 9. The van der Waals surface area contributed by atoms with E-state index in [1.807, 2.05) is 5.38 Å². The topological polar surface area (TPSA) is 111 Å². The SMILES string of the molecule is COc1cc(C2CC(=O)NC(SCC(=O)Cc3nccs3)=C2C#N)cc(OC)c1OC. The number of ether oxygens (including phenoxy) is 3. The predicted octanol–water partition coefficient (Wildman–Crippen LogP) is 3.05. The van der Waals surface area contributed by atoms with Gasteiger partial charge in [0.05, 0.1) is 55.2 Å². The molecule has 1 atom stereocenters. The van der Waals surface area contributed by atoms with E-state index >= 15 is 0 Å². The third-order valence-electron chi connectivity index (χ3n) is 4.65. The average molecular weight is 460 g/mol. The highest BCUT2D eigenvalue weighted by Crippen LogP contribution is 2.44. The number of Topliss-reactive ketones (excluding diaryl/α,β-unsaturated/α-hetero) is 1. The van der Waals surface area contributed by atoms with Gasteiger partial charge >= 0.3 is 0 Å². The number of nitrogens with zero attached hydrogens (tertiary/aromatic N) is 2. The second kappa shape index (κ2) is 10.3. The molecule has 31 heavy (non-hydrogen) atoms. The van der Waals surface area contributed by atoms with Crippen molar-refractivity contribution < 1.29 is 23.8 Å². The van der Waals surface area contributed by atoms with Crippen LogP contribution < -0.4 is 19.5 Å². The number of nitriles is 1. The lowest BCUT2D eigenvalue weighted by molar-refractivity contribution is -0.121. The quantitative estimate of drug-likeness (QED) is 0.609. The summed E-state index contributed by atoms with van der Waals surface area (Å²) < 4.78 is 16.2. The van der Waals surface area contributed by atoms with Crippen LogP contribution in [0.1, 0.15) is 22.9 Å². The van der Waals surface area contributed by atoms with Gasteiger partial charge in [0.25, 0.3) is 0 Å². The largest absolute Gasteiger partial charge is 0.493 e. The minimum atomic E-state index is -0.496. The zero-order valence-electron chi connectivity index (χ0n) is 17.3. The maximum Gasteiger partial charge on any atom is 0.225 e. The number of carbonyl (C=O) groups excluding carboxylic acids is 2. The van der Waals surface area contributed by atoms with Gasteiger partial charge in [-0.05, 0) is 17.7 Å². The van der Waals surface area contributed by atoms with Gasteiger partial charge in [-0.15, -0.1) is 11.3 Å². The molecule has 1 N–H and O–H groups in total. The van der Waals surface area contributed by atoms with Gasteiger partial charge in [0.15, 0.2) is 11.5 Å². The first-order valence-corrected chi connectivity index (χ1v) is 11.1. The summed E-state index contributed by atoms with van der Waals surface area (Å²) in [4.78, 5) is 28.8. The van der Waals surface area contributed by atoms with Gasteiger partial charge in [-0.1, -0.05) is 11.8 Å². The van der Waals surface area contributed by atoms with Crippen molar-refractivity contribution >= 4 is 34.8 Å². The summed E-state index contributed by atoms with van der Waals surface area (Å²) in [5, 5.41) is 15.5. The van der Waals surface area contributed by atoms with Crippen molar-refractivity contribution in [2.24, 2.45) is 0 Å². The zero-order chi connectivity index (χ0) is 22.4. The molecule has 1 aliphatic rings. The number of aromatic nitrogens is 1. The first-order valence-electron chi connectivity index (χ1n) is 9.27. The molecule has 162 valence electrons. The van der Waals surface area contributed by atoms with Gasteiger partial charge in [-0.3, -0.25) is 9.59 Å². The molecule has 0 fully saturated rings. The fourth-order valence-electron chi connectivity index (χ4n) is 3.23. The lowest BCUT2D eigenvalue weighted by Crippen LogP contribution is -2.31. The van der Waals surface area contributed by atoms with Crippen LogP contribution in [0.5, 0.6) is 17.2 Å². The van der Waals surface area contributed by atoms with Crippen LogP contribution in [0.4, 0.5) is 0 Å². The Morgan fingerprint density at radius 1 is 1.29 bits per heavy atom. The van der Waals surface area contributed by atoms with E-state index in [4.69, 9.17) is 14.2 Å². The number of nitrogens with one attached hydrogen (secondary N) is 1. The van der Waals surface area contributed by atoms with E-state index in [-0.39, 0.29) is 30.3 Å². The summed E-state index contributed by atoms with van der Waals surface area (Å²) in [6, 6.07) is 5.67. The lowest BCUT2D eigenvalue weighted by Gasteiger charge is -2.26. The molecule has 0 aliphatic carbocycles. The molecule has 0 radical (unpaired) electrons. The molecular formula is C21H21N3O5S2. The Morgan fingerprint density at radius 2 is 2.00 bits per heavy atom. The zero-order valence-corrected chi connectivity index (χ0v) is 18.9. The Bertz CT molecular complexity index is 1020. The van der Waals surface area contributed by atoms with Crippen LogP contribution in [0.15, 0.2) is 34.3 Å². The van der Waals surface area contributed by atoms with Gasteiger partial charge in [0.2, 0.25) is 11.7 Å². The maximum absolute atomic E-state index is 12.4. The first kappa shape index (κ1) is 22.7. The normalized spacial score (nSPS) is 15.8. The Balaban J connectivity index is 1.89. The van der Waals surface area contributed by atoms with Crippen LogP contribution >= 0.6 is 23.1 Å². The standard InChI is InChI=1S/C21H21N3O5S2/c1-27-16-6-12(7-17(28-2)20(16)29-3)14-9-18(26)24-21(15(14)10-22)31-11-13(25)8-19-23-4-5-30-19/h4-7,14H,8-9,11H2,1-3H3,(H,24,26). The van der Waals surface area contributed by atoms with Crippen molar-refractivity contribution in [3.05, 3.63) is 44.9 Å².